The van der Waals surface area contributed by atoms with Gasteiger partial charge in [0.25, 0.3) is 0 Å². The van der Waals surface area contributed by atoms with Gasteiger partial charge in [0.05, 0.1) is 28.1 Å². The highest BCUT2D eigenvalue weighted by Gasteiger charge is 2.07. The summed E-state index contributed by atoms with van der Waals surface area (Å²) in [7, 11) is -2.18. The number of hydrogen-bond acceptors (Lipinski definition) is 5. The van der Waals surface area contributed by atoms with Gasteiger partial charge in [0.1, 0.15) is 0 Å². The van der Waals surface area contributed by atoms with Crippen molar-refractivity contribution in [3.63, 3.8) is 0 Å². The molecule has 0 N–H and O–H groups in total. The van der Waals surface area contributed by atoms with Crippen molar-refractivity contribution < 1.29 is 4.21 Å². The number of fused-ring (bicyclic) bond motifs is 1. The van der Waals surface area contributed by atoms with Crippen molar-refractivity contribution in [1.82, 2.24) is 14.8 Å². The Labute approximate surface area is 133 Å². The monoisotopic (exact) mass is 332 g/mol. The zero-order valence-corrected chi connectivity index (χ0v) is 14.2. The number of pyridine rings is 1. The Bertz CT molecular complexity index is 947. The molecule has 0 fully saturated rings. The van der Waals surface area contributed by atoms with E-state index in [1.165, 1.54) is 0 Å². The van der Waals surface area contributed by atoms with Gasteiger partial charge in [0, 0.05) is 33.8 Å². The van der Waals surface area contributed by atoms with Crippen LogP contribution in [0, 0.1) is 0 Å². The Morgan fingerprint density at radius 2 is 2.05 bits per heavy atom. The first-order valence-electron chi connectivity index (χ1n) is 6.62. The van der Waals surface area contributed by atoms with Gasteiger partial charge in [-0.1, -0.05) is 6.07 Å². The van der Waals surface area contributed by atoms with Crippen LogP contribution in [0.5, 0.6) is 0 Å². The Balaban J connectivity index is 2.16. The molecule has 3 rings (SSSR count). The molecule has 2 aromatic heterocycles. The predicted octanol–water partition coefficient (Wildman–Crippen LogP) is 3.50. The quantitative estimate of drug-likeness (QED) is 0.689. The Morgan fingerprint density at radius 3 is 2.77 bits per heavy atom. The molecule has 0 aliphatic heterocycles. The lowest BCUT2D eigenvalue weighted by atomic mass is 10.2. The molecule has 0 bridgehead atoms. The summed E-state index contributed by atoms with van der Waals surface area (Å²) in [6, 6.07) is 9.59. The predicted molar refractivity (Wildman–Crippen MR) is 92.7 cm³/mol. The molecule has 2 heterocycles. The van der Waals surface area contributed by atoms with E-state index in [4.69, 9.17) is 0 Å². The minimum atomic E-state index is -2.18. The van der Waals surface area contributed by atoms with E-state index >= 15 is 0 Å². The summed E-state index contributed by atoms with van der Waals surface area (Å²) in [5.74, 6) is 0. The van der Waals surface area contributed by atoms with Crippen LogP contribution < -0.4 is 0 Å². The van der Waals surface area contributed by atoms with Gasteiger partial charge < -0.3 is 0 Å². The normalized spacial score (nSPS) is 11.8. The summed E-state index contributed by atoms with van der Waals surface area (Å²) in [6.45, 7) is 0. The second-order valence-corrected chi connectivity index (χ2v) is 8.51. The smallest absolute Gasteiger partial charge is 0.0979 e. The lowest BCUT2D eigenvalue weighted by Crippen LogP contribution is -1.96. The van der Waals surface area contributed by atoms with Crippen LogP contribution >= 0.6 is 11.8 Å². The van der Waals surface area contributed by atoms with E-state index in [2.05, 4.69) is 14.4 Å². The van der Waals surface area contributed by atoms with Crippen molar-refractivity contribution >= 4 is 38.1 Å². The molecule has 7 heteroatoms. The number of benzene rings is 1. The Kier molecular flexibility index (Phi) is 3.92. The number of rotatable bonds is 3. The highest BCUT2D eigenvalue weighted by molar-refractivity contribution is 7.98. The van der Waals surface area contributed by atoms with E-state index in [-0.39, 0.29) is 0 Å². The fourth-order valence-electron chi connectivity index (χ4n) is 2.15. The first kappa shape index (κ1) is 15.1. The molecule has 0 radical (unpaired) electrons. The summed E-state index contributed by atoms with van der Waals surface area (Å²) in [4.78, 5) is 4.35. The van der Waals surface area contributed by atoms with Crippen molar-refractivity contribution in [3.05, 3.63) is 42.7 Å². The summed E-state index contributed by atoms with van der Waals surface area (Å²) < 4.78 is 17.9. The van der Waals surface area contributed by atoms with Gasteiger partial charge in [-0.05, 0) is 30.5 Å². The fourth-order valence-corrected chi connectivity index (χ4v) is 3.16. The second kappa shape index (κ2) is 5.73. The van der Waals surface area contributed by atoms with Crippen LogP contribution in [-0.4, -0.2) is 37.7 Å². The van der Waals surface area contributed by atoms with Crippen LogP contribution in [-0.2, 0) is 9.73 Å². The van der Waals surface area contributed by atoms with Crippen molar-refractivity contribution in [1.29, 1.82) is 0 Å². The topological polar surface area (TPSA) is 60.1 Å². The van der Waals surface area contributed by atoms with Crippen LogP contribution in [0.1, 0.15) is 0 Å². The van der Waals surface area contributed by atoms with Crippen LogP contribution in [0.25, 0.3) is 16.6 Å². The highest BCUT2D eigenvalue weighted by atomic mass is 32.2. The number of aromatic nitrogens is 3. The van der Waals surface area contributed by atoms with E-state index in [0.717, 1.165) is 21.6 Å². The molecular formula is C15H16N4OS2. The molecule has 0 aliphatic carbocycles. The summed E-state index contributed by atoms with van der Waals surface area (Å²) in [5.41, 5.74) is 2.57. The van der Waals surface area contributed by atoms with E-state index in [9.17, 15) is 4.21 Å². The molecule has 0 unspecified atom stereocenters. The molecule has 0 amide bonds. The molecule has 1 aromatic carbocycles. The zero-order chi connectivity index (χ0) is 15.7. The molecule has 0 aliphatic rings. The Hall–Kier alpha value is -1.86. The zero-order valence-electron chi connectivity index (χ0n) is 12.6. The maximum Gasteiger partial charge on any atom is 0.0979 e. The van der Waals surface area contributed by atoms with E-state index in [1.807, 2.05) is 47.5 Å². The fraction of sp³-hybridized carbons (Fsp3) is 0.200. The second-order valence-electron chi connectivity index (χ2n) is 5.13. The first-order valence-corrected chi connectivity index (χ1v) is 10.2. The number of nitrogens with zero attached hydrogens (tertiary/aromatic N) is 4. The summed E-state index contributed by atoms with van der Waals surface area (Å²) >= 11 is 1.59. The third-order valence-electron chi connectivity index (χ3n) is 3.04. The average Bonchev–Trinajstić information content (AvgIpc) is 2.88. The van der Waals surface area contributed by atoms with Gasteiger partial charge in [0.15, 0.2) is 0 Å². The third kappa shape index (κ3) is 3.15. The third-order valence-corrected chi connectivity index (χ3v) is 4.33. The van der Waals surface area contributed by atoms with Gasteiger partial charge in [-0.2, -0.15) is 9.46 Å². The molecule has 114 valence electrons. The maximum absolute atomic E-state index is 11.8. The number of hydrogen-bond donors (Lipinski definition) is 0. The van der Waals surface area contributed by atoms with Gasteiger partial charge in [-0.25, -0.2) is 13.9 Å². The average molecular weight is 332 g/mol. The molecule has 0 saturated heterocycles. The van der Waals surface area contributed by atoms with Gasteiger partial charge >= 0.3 is 0 Å². The molecule has 0 spiro atoms. The van der Waals surface area contributed by atoms with E-state index < -0.39 is 9.73 Å². The van der Waals surface area contributed by atoms with Crippen LogP contribution in [0.3, 0.4) is 0 Å². The molecule has 0 atom stereocenters. The molecular weight excluding hydrogens is 316 g/mol. The van der Waals surface area contributed by atoms with Crippen molar-refractivity contribution in [3.8, 4) is 5.69 Å². The van der Waals surface area contributed by atoms with Crippen LogP contribution in [0.15, 0.2) is 52.1 Å². The van der Waals surface area contributed by atoms with Crippen LogP contribution in [0.2, 0.25) is 0 Å². The lowest BCUT2D eigenvalue weighted by Gasteiger charge is -2.05. The minimum Gasteiger partial charge on any atom is -0.250 e. The minimum absolute atomic E-state index is 0.690. The standard InChI is InChI=1S/C15H16N4OS2/c1-21-15-8-14-11(9-16-15)10-17-19(14)13-6-4-5-12(7-13)18-22(2,3)20/h4-10H,1-3H3. The molecule has 3 aromatic rings. The molecule has 5 nitrogen and oxygen atoms in total. The molecule has 0 saturated carbocycles. The molecule has 22 heavy (non-hydrogen) atoms. The summed E-state index contributed by atoms with van der Waals surface area (Å²) in [5, 5.41) is 6.36. The van der Waals surface area contributed by atoms with Crippen molar-refractivity contribution in [2.75, 3.05) is 18.8 Å². The van der Waals surface area contributed by atoms with E-state index in [1.54, 1.807) is 30.5 Å². The lowest BCUT2D eigenvalue weighted by molar-refractivity contribution is 0.684. The van der Waals surface area contributed by atoms with Crippen molar-refractivity contribution in [2.45, 2.75) is 5.03 Å². The first-order chi connectivity index (χ1) is 10.5. The maximum atomic E-state index is 11.8. The van der Waals surface area contributed by atoms with Gasteiger partial charge in [0.2, 0.25) is 0 Å². The van der Waals surface area contributed by atoms with Crippen LogP contribution in [0.4, 0.5) is 5.69 Å². The van der Waals surface area contributed by atoms with E-state index in [0.29, 0.717) is 5.69 Å². The largest absolute Gasteiger partial charge is 0.250 e. The highest BCUT2D eigenvalue weighted by Crippen LogP contribution is 2.24. The number of thioether (sulfide) groups is 1. The SMILES string of the molecule is CSc1cc2c(cn1)cnn2-c1cccc(N=S(C)(C)=O)c1. The van der Waals surface area contributed by atoms with Gasteiger partial charge in [-0.15, -0.1) is 11.8 Å². The summed E-state index contributed by atoms with van der Waals surface area (Å²) in [6.07, 6.45) is 8.86. The Morgan fingerprint density at radius 1 is 1.23 bits per heavy atom. The van der Waals surface area contributed by atoms with Crippen molar-refractivity contribution in [2.24, 2.45) is 4.36 Å². The van der Waals surface area contributed by atoms with Gasteiger partial charge in [-0.3, -0.25) is 0 Å².